The van der Waals surface area contributed by atoms with Crippen molar-refractivity contribution in [1.82, 2.24) is 0 Å². The molecule has 15 heavy (non-hydrogen) atoms. The van der Waals surface area contributed by atoms with Gasteiger partial charge in [-0.3, -0.25) is 0 Å². The molecule has 0 aliphatic rings. The Bertz CT molecular complexity index is 276. The molecule has 0 bridgehead atoms. The van der Waals surface area contributed by atoms with Crippen molar-refractivity contribution in [2.45, 2.75) is 46.1 Å². The van der Waals surface area contributed by atoms with E-state index in [0.717, 1.165) is 19.3 Å². The number of benzene rings is 1. The SMILES string of the molecule is CCCC(C)C(O)Cc1ccc(C)cc1. The van der Waals surface area contributed by atoms with Gasteiger partial charge in [-0.25, -0.2) is 0 Å². The Hall–Kier alpha value is -0.820. The standard InChI is InChI=1S/C14H22O/c1-4-5-12(3)14(15)10-13-8-6-11(2)7-9-13/h6-9,12,14-15H,4-5,10H2,1-3H3. The number of aliphatic hydroxyl groups excluding tert-OH is 1. The van der Waals surface area contributed by atoms with Gasteiger partial charge in [-0.2, -0.15) is 0 Å². The largest absolute Gasteiger partial charge is 0.393 e. The first kappa shape index (κ1) is 12.3. The Balaban J connectivity index is 2.50. The molecule has 84 valence electrons. The first-order chi connectivity index (χ1) is 7.13. The highest BCUT2D eigenvalue weighted by molar-refractivity contribution is 5.21. The van der Waals surface area contributed by atoms with E-state index in [2.05, 4.69) is 45.0 Å². The van der Waals surface area contributed by atoms with Crippen LogP contribution < -0.4 is 0 Å². The van der Waals surface area contributed by atoms with Gasteiger partial charge in [0, 0.05) is 0 Å². The summed E-state index contributed by atoms with van der Waals surface area (Å²) >= 11 is 0. The minimum atomic E-state index is -0.201. The van der Waals surface area contributed by atoms with E-state index < -0.39 is 0 Å². The van der Waals surface area contributed by atoms with E-state index in [-0.39, 0.29) is 6.10 Å². The van der Waals surface area contributed by atoms with Crippen LogP contribution in [0.15, 0.2) is 24.3 Å². The van der Waals surface area contributed by atoms with E-state index in [1.54, 1.807) is 0 Å². The van der Waals surface area contributed by atoms with E-state index in [1.807, 2.05) is 0 Å². The molecule has 0 aliphatic carbocycles. The molecule has 0 saturated heterocycles. The van der Waals surface area contributed by atoms with Crippen LogP contribution in [0.2, 0.25) is 0 Å². The first-order valence-electron chi connectivity index (χ1n) is 5.87. The zero-order valence-electron chi connectivity index (χ0n) is 10.0. The summed E-state index contributed by atoms with van der Waals surface area (Å²) in [6.07, 6.45) is 2.83. The van der Waals surface area contributed by atoms with Gasteiger partial charge in [0.05, 0.1) is 6.10 Å². The van der Waals surface area contributed by atoms with Gasteiger partial charge in [0.25, 0.3) is 0 Å². The van der Waals surface area contributed by atoms with Gasteiger partial charge >= 0.3 is 0 Å². The topological polar surface area (TPSA) is 20.2 Å². The summed E-state index contributed by atoms with van der Waals surface area (Å²) in [7, 11) is 0. The molecule has 0 aliphatic heterocycles. The van der Waals surface area contributed by atoms with Crippen LogP contribution in [0.3, 0.4) is 0 Å². The smallest absolute Gasteiger partial charge is 0.0606 e. The van der Waals surface area contributed by atoms with Crippen LogP contribution >= 0.6 is 0 Å². The van der Waals surface area contributed by atoms with Crippen molar-refractivity contribution in [3.8, 4) is 0 Å². The molecule has 1 N–H and O–H groups in total. The lowest BCUT2D eigenvalue weighted by Gasteiger charge is -2.18. The summed E-state index contributed by atoms with van der Waals surface area (Å²) in [6.45, 7) is 6.37. The molecule has 1 aromatic rings. The van der Waals surface area contributed by atoms with Gasteiger partial charge in [0.2, 0.25) is 0 Å². The highest BCUT2D eigenvalue weighted by Crippen LogP contribution is 2.15. The van der Waals surface area contributed by atoms with Gasteiger partial charge in [0.15, 0.2) is 0 Å². The molecular weight excluding hydrogens is 184 g/mol. The monoisotopic (exact) mass is 206 g/mol. The van der Waals surface area contributed by atoms with Crippen LogP contribution in [0.5, 0.6) is 0 Å². The maximum atomic E-state index is 9.97. The van der Waals surface area contributed by atoms with E-state index in [0.29, 0.717) is 5.92 Å². The highest BCUT2D eigenvalue weighted by atomic mass is 16.3. The number of rotatable bonds is 5. The quantitative estimate of drug-likeness (QED) is 0.783. The lowest BCUT2D eigenvalue weighted by Crippen LogP contribution is -2.20. The van der Waals surface area contributed by atoms with Crippen molar-refractivity contribution >= 4 is 0 Å². The molecule has 0 spiro atoms. The minimum absolute atomic E-state index is 0.201. The summed E-state index contributed by atoms with van der Waals surface area (Å²) in [5.74, 6) is 0.399. The molecule has 0 aromatic heterocycles. The van der Waals surface area contributed by atoms with Gasteiger partial charge < -0.3 is 5.11 Å². The summed E-state index contributed by atoms with van der Waals surface area (Å²) in [5.41, 5.74) is 2.51. The molecule has 0 heterocycles. The second-order valence-corrected chi connectivity index (χ2v) is 4.52. The third-order valence-electron chi connectivity index (χ3n) is 2.97. The predicted molar refractivity (Wildman–Crippen MR) is 65.0 cm³/mol. The molecule has 2 unspecified atom stereocenters. The third kappa shape index (κ3) is 4.05. The summed E-state index contributed by atoms with van der Waals surface area (Å²) < 4.78 is 0. The molecule has 1 nitrogen and oxygen atoms in total. The fourth-order valence-electron chi connectivity index (χ4n) is 1.81. The van der Waals surface area contributed by atoms with Crippen LogP contribution in [-0.2, 0) is 6.42 Å². The van der Waals surface area contributed by atoms with Crippen molar-refractivity contribution in [3.63, 3.8) is 0 Å². The molecule has 0 saturated carbocycles. The van der Waals surface area contributed by atoms with Gasteiger partial charge in [-0.1, -0.05) is 50.1 Å². The zero-order chi connectivity index (χ0) is 11.3. The van der Waals surface area contributed by atoms with E-state index in [4.69, 9.17) is 0 Å². The molecular formula is C14H22O. The van der Waals surface area contributed by atoms with Gasteiger partial charge in [0.1, 0.15) is 0 Å². The minimum Gasteiger partial charge on any atom is -0.393 e. The molecule has 0 amide bonds. The molecule has 2 atom stereocenters. The third-order valence-corrected chi connectivity index (χ3v) is 2.97. The number of aliphatic hydroxyl groups is 1. The zero-order valence-corrected chi connectivity index (χ0v) is 10.0. The fourth-order valence-corrected chi connectivity index (χ4v) is 1.81. The molecule has 1 heteroatoms. The summed E-state index contributed by atoms with van der Waals surface area (Å²) in [5, 5.41) is 9.97. The highest BCUT2D eigenvalue weighted by Gasteiger charge is 2.13. The second kappa shape index (κ2) is 5.92. The average molecular weight is 206 g/mol. The second-order valence-electron chi connectivity index (χ2n) is 4.52. The Morgan fingerprint density at radius 3 is 2.33 bits per heavy atom. The average Bonchev–Trinajstić information content (AvgIpc) is 2.22. The first-order valence-corrected chi connectivity index (χ1v) is 5.87. The van der Waals surface area contributed by atoms with Crippen molar-refractivity contribution in [2.75, 3.05) is 0 Å². The van der Waals surface area contributed by atoms with E-state index >= 15 is 0 Å². The molecule has 1 rings (SSSR count). The fraction of sp³-hybridized carbons (Fsp3) is 0.571. The van der Waals surface area contributed by atoms with Crippen LogP contribution in [0.1, 0.15) is 37.8 Å². The maximum Gasteiger partial charge on any atom is 0.0606 e. The van der Waals surface area contributed by atoms with Crippen molar-refractivity contribution in [1.29, 1.82) is 0 Å². The van der Waals surface area contributed by atoms with Crippen molar-refractivity contribution in [3.05, 3.63) is 35.4 Å². The Morgan fingerprint density at radius 2 is 1.80 bits per heavy atom. The lowest BCUT2D eigenvalue weighted by atomic mass is 9.94. The molecule has 0 radical (unpaired) electrons. The number of hydrogen-bond donors (Lipinski definition) is 1. The van der Waals surface area contributed by atoms with Gasteiger partial charge in [-0.15, -0.1) is 0 Å². The van der Waals surface area contributed by atoms with Crippen molar-refractivity contribution in [2.24, 2.45) is 5.92 Å². The molecule has 0 fully saturated rings. The van der Waals surface area contributed by atoms with E-state index in [9.17, 15) is 5.11 Å². The van der Waals surface area contributed by atoms with Crippen molar-refractivity contribution < 1.29 is 5.11 Å². The van der Waals surface area contributed by atoms with Crippen LogP contribution in [0, 0.1) is 12.8 Å². The summed E-state index contributed by atoms with van der Waals surface area (Å²) in [4.78, 5) is 0. The predicted octanol–water partition coefficient (Wildman–Crippen LogP) is 3.33. The van der Waals surface area contributed by atoms with Crippen LogP contribution in [-0.4, -0.2) is 11.2 Å². The maximum absolute atomic E-state index is 9.97. The van der Waals surface area contributed by atoms with E-state index in [1.165, 1.54) is 11.1 Å². The normalized spacial score (nSPS) is 14.9. The number of aryl methyl sites for hydroxylation is 1. The Morgan fingerprint density at radius 1 is 1.20 bits per heavy atom. The molecule has 1 aromatic carbocycles. The Kier molecular flexibility index (Phi) is 4.83. The van der Waals surface area contributed by atoms with Crippen LogP contribution in [0.4, 0.5) is 0 Å². The number of hydrogen-bond acceptors (Lipinski definition) is 1. The Labute approximate surface area is 93.1 Å². The van der Waals surface area contributed by atoms with Gasteiger partial charge in [-0.05, 0) is 31.2 Å². The van der Waals surface area contributed by atoms with Crippen LogP contribution in [0.25, 0.3) is 0 Å². The summed E-state index contributed by atoms with van der Waals surface area (Å²) in [6, 6.07) is 8.42. The lowest BCUT2D eigenvalue weighted by molar-refractivity contribution is 0.111.